The number of benzene rings is 4. The maximum atomic E-state index is 12.4. The third kappa shape index (κ3) is 3.36. The molecule has 1 heterocycles. The van der Waals surface area contributed by atoms with Crippen molar-refractivity contribution in [3.05, 3.63) is 114 Å². The van der Waals surface area contributed by atoms with Crippen LogP contribution in [0.3, 0.4) is 0 Å². The van der Waals surface area contributed by atoms with Crippen LogP contribution in [0.15, 0.2) is 97.1 Å². The van der Waals surface area contributed by atoms with Crippen LogP contribution < -0.4 is 9.47 Å². The van der Waals surface area contributed by atoms with E-state index in [4.69, 9.17) is 9.47 Å². The van der Waals surface area contributed by atoms with Gasteiger partial charge in [0.1, 0.15) is 11.5 Å². The third-order valence-electron chi connectivity index (χ3n) is 5.85. The summed E-state index contributed by atoms with van der Waals surface area (Å²) in [6, 6.07) is 30.2. The minimum atomic E-state index is -0.780. The molecule has 0 fully saturated rings. The highest BCUT2D eigenvalue weighted by molar-refractivity contribution is 5.99. The summed E-state index contributed by atoms with van der Waals surface area (Å²) in [5.41, 5.74) is 2.26. The van der Waals surface area contributed by atoms with Gasteiger partial charge in [-0.25, -0.2) is 0 Å². The summed E-state index contributed by atoms with van der Waals surface area (Å²) >= 11 is 0. The molecule has 32 heavy (non-hydrogen) atoms. The van der Waals surface area contributed by atoms with Crippen LogP contribution in [0.25, 0.3) is 16.8 Å². The van der Waals surface area contributed by atoms with Crippen LogP contribution in [0, 0.1) is 5.92 Å². The molecule has 0 unspecified atom stereocenters. The molecule has 0 radical (unpaired) electrons. The van der Waals surface area contributed by atoms with Gasteiger partial charge in [0.15, 0.2) is 5.60 Å². The van der Waals surface area contributed by atoms with Crippen LogP contribution in [0.5, 0.6) is 11.5 Å². The van der Waals surface area contributed by atoms with Crippen LogP contribution in [0.2, 0.25) is 0 Å². The lowest BCUT2D eigenvalue weighted by atomic mass is 9.83. The van der Waals surface area contributed by atoms with E-state index in [9.17, 15) is 4.79 Å². The number of hydrogen-bond donors (Lipinski definition) is 0. The first-order valence-electron chi connectivity index (χ1n) is 10.9. The zero-order chi connectivity index (χ0) is 22.1. The highest BCUT2D eigenvalue weighted by Crippen LogP contribution is 2.46. The van der Waals surface area contributed by atoms with E-state index in [1.165, 1.54) is 0 Å². The molecule has 0 bridgehead atoms. The largest absolute Gasteiger partial charge is 0.473 e. The molecule has 3 heteroatoms. The van der Waals surface area contributed by atoms with Crippen LogP contribution in [0.4, 0.5) is 0 Å². The van der Waals surface area contributed by atoms with Gasteiger partial charge in [-0.15, -0.1) is 0 Å². The van der Waals surface area contributed by atoms with E-state index >= 15 is 0 Å². The molecular weight excluding hydrogens is 396 g/mol. The van der Waals surface area contributed by atoms with Gasteiger partial charge in [-0.3, -0.25) is 4.79 Å². The summed E-state index contributed by atoms with van der Waals surface area (Å²) in [4.78, 5) is 12.4. The van der Waals surface area contributed by atoms with E-state index in [0.717, 1.165) is 27.5 Å². The maximum Gasteiger partial charge on any atom is 0.313 e. The van der Waals surface area contributed by atoms with Gasteiger partial charge in [-0.1, -0.05) is 98.8 Å². The predicted molar refractivity (Wildman–Crippen MR) is 128 cm³/mol. The topological polar surface area (TPSA) is 35.5 Å². The monoisotopic (exact) mass is 420 g/mol. The second-order valence-corrected chi connectivity index (χ2v) is 8.31. The maximum absolute atomic E-state index is 12.4. The lowest BCUT2D eigenvalue weighted by molar-refractivity contribution is -0.137. The van der Waals surface area contributed by atoms with Crippen LogP contribution in [-0.2, 0) is 10.4 Å². The molecule has 3 nitrogen and oxygen atoms in total. The molecule has 0 atom stereocenters. The molecule has 0 amide bonds. The Labute approximate surface area is 187 Å². The van der Waals surface area contributed by atoms with Crippen molar-refractivity contribution in [1.82, 2.24) is 0 Å². The van der Waals surface area contributed by atoms with Gasteiger partial charge < -0.3 is 9.47 Å². The first-order valence-corrected chi connectivity index (χ1v) is 10.9. The lowest BCUT2D eigenvalue weighted by Gasteiger charge is -2.36. The Hall–Kier alpha value is -3.85. The second-order valence-electron chi connectivity index (χ2n) is 8.31. The minimum absolute atomic E-state index is 0.224. The molecule has 0 saturated carbocycles. The van der Waals surface area contributed by atoms with Crippen molar-refractivity contribution in [2.45, 2.75) is 19.4 Å². The van der Waals surface area contributed by atoms with Gasteiger partial charge >= 0.3 is 5.97 Å². The Bertz CT molecular complexity index is 1270. The fourth-order valence-electron chi connectivity index (χ4n) is 4.16. The summed E-state index contributed by atoms with van der Waals surface area (Å²) in [6.07, 6.45) is 4.24. The number of esters is 1. The van der Waals surface area contributed by atoms with Gasteiger partial charge in [0, 0.05) is 28.1 Å². The number of carbonyl (C=O) groups is 1. The third-order valence-corrected chi connectivity index (χ3v) is 5.85. The summed E-state index contributed by atoms with van der Waals surface area (Å²) < 4.78 is 12.6. The molecular formula is C29H24O3. The predicted octanol–water partition coefficient (Wildman–Crippen LogP) is 6.75. The normalized spacial score (nSPS) is 14.1. The average Bonchev–Trinajstić information content (AvgIpc) is 2.84. The van der Waals surface area contributed by atoms with Gasteiger partial charge in [0.2, 0.25) is 0 Å². The number of ether oxygens (including phenoxy) is 2. The Balaban J connectivity index is 1.71. The van der Waals surface area contributed by atoms with Crippen LogP contribution in [-0.4, -0.2) is 5.97 Å². The Morgan fingerprint density at radius 3 is 1.97 bits per heavy atom. The molecule has 0 N–H and O–H groups in total. The molecule has 5 rings (SSSR count). The van der Waals surface area contributed by atoms with E-state index in [-0.39, 0.29) is 11.9 Å². The standard InChI is InChI=1S/C29H24O3/c1-20(2)28(30)31-26-19-27-25(23-15-9-10-16-24(23)26)17-18-29(32-27,21-11-5-3-6-12-21)22-13-7-4-8-14-22/h3-20H,1-2H3. The summed E-state index contributed by atoms with van der Waals surface area (Å²) in [5.74, 6) is 0.714. The Kier molecular flexibility index (Phi) is 5.02. The quantitative estimate of drug-likeness (QED) is 0.271. The van der Waals surface area contributed by atoms with Crippen LogP contribution in [0.1, 0.15) is 30.5 Å². The highest BCUT2D eigenvalue weighted by Gasteiger charge is 2.37. The van der Waals surface area contributed by atoms with Crippen molar-refractivity contribution < 1.29 is 14.3 Å². The number of hydrogen-bond acceptors (Lipinski definition) is 3. The second kappa shape index (κ2) is 8.01. The molecule has 4 aromatic carbocycles. The minimum Gasteiger partial charge on any atom is -0.473 e. The molecule has 0 saturated heterocycles. The average molecular weight is 421 g/mol. The molecule has 1 aliphatic heterocycles. The molecule has 4 aromatic rings. The van der Waals surface area contributed by atoms with E-state index in [2.05, 4.69) is 36.4 Å². The number of carbonyl (C=O) groups excluding carboxylic acids is 1. The van der Waals surface area contributed by atoms with Crippen molar-refractivity contribution in [2.75, 3.05) is 0 Å². The van der Waals surface area contributed by atoms with Crippen molar-refractivity contribution >= 4 is 22.8 Å². The van der Waals surface area contributed by atoms with E-state index in [1.807, 2.05) is 80.6 Å². The zero-order valence-electron chi connectivity index (χ0n) is 18.1. The fraction of sp³-hybridized carbons (Fsp3) is 0.138. The number of rotatable bonds is 4. The first-order chi connectivity index (χ1) is 15.6. The molecule has 0 spiro atoms. The fourth-order valence-corrected chi connectivity index (χ4v) is 4.16. The lowest BCUT2D eigenvalue weighted by Crippen LogP contribution is -2.34. The summed E-state index contributed by atoms with van der Waals surface area (Å²) in [7, 11) is 0. The van der Waals surface area contributed by atoms with Gasteiger partial charge in [-0.05, 0) is 17.5 Å². The van der Waals surface area contributed by atoms with Crippen molar-refractivity contribution in [1.29, 1.82) is 0 Å². The van der Waals surface area contributed by atoms with E-state index < -0.39 is 5.60 Å². The molecule has 0 aromatic heterocycles. The molecule has 158 valence electrons. The van der Waals surface area contributed by atoms with Crippen LogP contribution >= 0.6 is 0 Å². The van der Waals surface area contributed by atoms with Gasteiger partial charge in [0.05, 0.1) is 5.92 Å². The van der Waals surface area contributed by atoms with Gasteiger partial charge in [-0.2, -0.15) is 0 Å². The smallest absolute Gasteiger partial charge is 0.313 e. The summed E-state index contributed by atoms with van der Waals surface area (Å²) in [6.45, 7) is 3.66. The summed E-state index contributed by atoms with van der Waals surface area (Å²) in [5, 5.41) is 1.88. The molecule has 0 aliphatic carbocycles. The first kappa shape index (κ1) is 20.1. The van der Waals surface area contributed by atoms with E-state index in [0.29, 0.717) is 11.5 Å². The zero-order valence-corrected chi connectivity index (χ0v) is 18.1. The van der Waals surface area contributed by atoms with Crippen molar-refractivity contribution in [3.8, 4) is 11.5 Å². The van der Waals surface area contributed by atoms with Gasteiger partial charge in [0.25, 0.3) is 0 Å². The number of fused-ring (bicyclic) bond motifs is 3. The molecule has 1 aliphatic rings. The SMILES string of the molecule is CC(C)C(=O)Oc1cc2c(c3ccccc13)C=CC(c1ccccc1)(c1ccccc1)O2. The van der Waals surface area contributed by atoms with Crippen molar-refractivity contribution in [3.63, 3.8) is 0 Å². The van der Waals surface area contributed by atoms with Crippen molar-refractivity contribution in [2.24, 2.45) is 5.92 Å². The van der Waals surface area contributed by atoms with E-state index in [1.54, 1.807) is 0 Å². The Morgan fingerprint density at radius 1 is 0.812 bits per heavy atom. The Morgan fingerprint density at radius 2 is 1.38 bits per heavy atom. The highest BCUT2D eigenvalue weighted by atomic mass is 16.5.